The highest BCUT2D eigenvalue weighted by atomic mass is 127. The van der Waals surface area contributed by atoms with Crippen molar-refractivity contribution < 1.29 is 13.9 Å². The second-order valence-electron chi connectivity index (χ2n) is 6.71. The molecular formula is C22H28FIN4O2. The van der Waals surface area contributed by atoms with Gasteiger partial charge in [-0.2, -0.15) is 0 Å². The fraction of sp³-hybridized carbons (Fsp3) is 0.318. The van der Waals surface area contributed by atoms with Crippen LogP contribution in [0, 0.1) is 5.82 Å². The van der Waals surface area contributed by atoms with E-state index in [9.17, 15) is 4.39 Å². The maximum absolute atomic E-state index is 13.3. The van der Waals surface area contributed by atoms with Gasteiger partial charge in [0, 0.05) is 30.7 Å². The van der Waals surface area contributed by atoms with Crippen molar-refractivity contribution in [3.63, 3.8) is 0 Å². The highest BCUT2D eigenvalue weighted by Gasteiger charge is 2.10. The number of nitrogens with zero attached hydrogens (tertiary/aromatic N) is 1. The van der Waals surface area contributed by atoms with Crippen LogP contribution in [-0.4, -0.2) is 44.3 Å². The second-order valence-corrected chi connectivity index (χ2v) is 6.71. The molecule has 1 unspecified atom stereocenters. The Morgan fingerprint density at radius 1 is 1.17 bits per heavy atom. The van der Waals surface area contributed by atoms with Crippen molar-refractivity contribution in [2.45, 2.75) is 19.4 Å². The third-order valence-electron chi connectivity index (χ3n) is 4.59. The van der Waals surface area contributed by atoms with Crippen molar-refractivity contribution in [2.24, 2.45) is 4.99 Å². The molecule has 8 heteroatoms. The van der Waals surface area contributed by atoms with Crippen LogP contribution in [0.25, 0.3) is 10.9 Å². The smallest absolute Gasteiger partial charge is 0.191 e. The van der Waals surface area contributed by atoms with Crippen molar-refractivity contribution in [1.82, 2.24) is 15.6 Å². The number of methoxy groups -OCH3 is 1. The second kappa shape index (κ2) is 11.6. The standard InChI is InChI=1S/C22H27FN4O2.HI/c1-15(29-21-7-5-4-6-20(21)28-3)13-27-22(24-2)25-11-10-16-14-26-19-12-17(23)8-9-18(16)19;/h4-9,12,14-15,26H,10-11,13H2,1-3H3,(H2,24,25,27);1H. The number of para-hydroxylation sites is 2. The number of aromatic amines is 1. The van der Waals surface area contributed by atoms with Gasteiger partial charge in [0.2, 0.25) is 0 Å². The van der Waals surface area contributed by atoms with Crippen LogP contribution in [0.3, 0.4) is 0 Å². The lowest BCUT2D eigenvalue weighted by molar-refractivity contribution is 0.213. The summed E-state index contributed by atoms with van der Waals surface area (Å²) >= 11 is 0. The van der Waals surface area contributed by atoms with Gasteiger partial charge in [0.05, 0.1) is 13.7 Å². The van der Waals surface area contributed by atoms with E-state index in [1.165, 1.54) is 12.1 Å². The van der Waals surface area contributed by atoms with Gasteiger partial charge in [0.25, 0.3) is 0 Å². The van der Waals surface area contributed by atoms with Gasteiger partial charge in [-0.3, -0.25) is 4.99 Å². The molecule has 0 radical (unpaired) electrons. The minimum Gasteiger partial charge on any atom is -0.493 e. The number of aromatic nitrogens is 1. The Morgan fingerprint density at radius 2 is 1.93 bits per heavy atom. The predicted octanol–water partition coefficient (Wildman–Crippen LogP) is 4.11. The maximum Gasteiger partial charge on any atom is 0.191 e. The van der Waals surface area contributed by atoms with Crippen molar-refractivity contribution in [1.29, 1.82) is 0 Å². The Balaban J connectivity index is 0.00000320. The lowest BCUT2D eigenvalue weighted by atomic mass is 10.1. The van der Waals surface area contributed by atoms with Crippen LogP contribution >= 0.6 is 24.0 Å². The van der Waals surface area contributed by atoms with Crippen LogP contribution < -0.4 is 20.1 Å². The minimum atomic E-state index is -0.238. The molecule has 0 amide bonds. The fourth-order valence-electron chi connectivity index (χ4n) is 3.12. The molecule has 2 aromatic carbocycles. The lowest BCUT2D eigenvalue weighted by Crippen LogP contribution is -2.42. The van der Waals surface area contributed by atoms with Gasteiger partial charge >= 0.3 is 0 Å². The van der Waals surface area contributed by atoms with Crippen LogP contribution in [0.5, 0.6) is 11.5 Å². The highest BCUT2D eigenvalue weighted by molar-refractivity contribution is 14.0. The highest BCUT2D eigenvalue weighted by Crippen LogP contribution is 2.26. The van der Waals surface area contributed by atoms with E-state index in [1.807, 2.05) is 37.4 Å². The zero-order chi connectivity index (χ0) is 20.6. The predicted molar refractivity (Wildman–Crippen MR) is 130 cm³/mol. The molecule has 3 aromatic rings. The Kier molecular flexibility index (Phi) is 9.22. The van der Waals surface area contributed by atoms with Crippen LogP contribution in [0.15, 0.2) is 53.7 Å². The SMILES string of the molecule is CN=C(NCCc1c[nH]c2cc(F)ccc12)NCC(C)Oc1ccccc1OC.I. The number of H-pyrrole nitrogens is 1. The normalized spacial score (nSPS) is 12.2. The molecule has 0 bridgehead atoms. The monoisotopic (exact) mass is 526 g/mol. The van der Waals surface area contributed by atoms with Crippen LogP contribution in [0.2, 0.25) is 0 Å². The molecule has 0 saturated carbocycles. The number of benzene rings is 2. The molecule has 1 heterocycles. The van der Waals surface area contributed by atoms with Crippen molar-refractivity contribution in [3.05, 3.63) is 60.0 Å². The summed E-state index contributed by atoms with van der Waals surface area (Å²) in [5, 5.41) is 7.60. The molecule has 3 rings (SSSR count). The first kappa shape index (κ1) is 23.8. The summed E-state index contributed by atoms with van der Waals surface area (Å²) in [5.74, 6) is 1.88. The number of aliphatic imine (C=N–C) groups is 1. The first-order chi connectivity index (χ1) is 14.1. The molecular weight excluding hydrogens is 498 g/mol. The molecule has 0 spiro atoms. The molecule has 0 saturated heterocycles. The largest absolute Gasteiger partial charge is 0.493 e. The van der Waals surface area contributed by atoms with Gasteiger partial charge in [0.1, 0.15) is 11.9 Å². The summed E-state index contributed by atoms with van der Waals surface area (Å²) in [5.41, 5.74) is 1.95. The lowest BCUT2D eigenvalue weighted by Gasteiger charge is -2.19. The van der Waals surface area contributed by atoms with E-state index in [2.05, 4.69) is 20.6 Å². The van der Waals surface area contributed by atoms with Crippen LogP contribution in [0.1, 0.15) is 12.5 Å². The minimum absolute atomic E-state index is 0. The molecule has 0 fully saturated rings. The van der Waals surface area contributed by atoms with Gasteiger partial charge < -0.3 is 25.1 Å². The molecule has 0 aliphatic carbocycles. The summed E-state index contributed by atoms with van der Waals surface area (Å²) in [4.78, 5) is 7.36. The van der Waals surface area contributed by atoms with Gasteiger partial charge in [-0.25, -0.2) is 4.39 Å². The number of guanidine groups is 1. The Morgan fingerprint density at radius 3 is 2.67 bits per heavy atom. The molecule has 0 aliphatic rings. The van der Waals surface area contributed by atoms with E-state index in [0.29, 0.717) is 30.5 Å². The van der Waals surface area contributed by atoms with Gasteiger partial charge in [-0.05, 0) is 49.2 Å². The number of nitrogens with one attached hydrogen (secondary N) is 3. The average Bonchev–Trinajstić information content (AvgIpc) is 3.12. The topological polar surface area (TPSA) is 70.7 Å². The van der Waals surface area contributed by atoms with E-state index in [1.54, 1.807) is 20.2 Å². The first-order valence-electron chi connectivity index (χ1n) is 9.60. The quantitative estimate of drug-likeness (QED) is 0.235. The number of rotatable bonds is 8. The molecule has 0 aliphatic heterocycles. The molecule has 30 heavy (non-hydrogen) atoms. The van der Waals surface area contributed by atoms with E-state index < -0.39 is 0 Å². The Labute approximate surface area is 193 Å². The van der Waals surface area contributed by atoms with Crippen LogP contribution in [-0.2, 0) is 6.42 Å². The van der Waals surface area contributed by atoms with Crippen LogP contribution in [0.4, 0.5) is 4.39 Å². The first-order valence-corrected chi connectivity index (χ1v) is 9.60. The van der Waals surface area contributed by atoms with Gasteiger partial charge in [0.15, 0.2) is 17.5 Å². The Hall–Kier alpha value is -2.49. The number of hydrogen-bond donors (Lipinski definition) is 3. The fourth-order valence-corrected chi connectivity index (χ4v) is 3.12. The molecule has 6 nitrogen and oxygen atoms in total. The number of fused-ring (bicyclic) bond motifs is 1. The summed E-state index contributed by atoms with van der Waals surface area (Å²) in [6.45, 7) is 3.27. The number of halogens is 2. The summed E-state index contributed by atoms with van der Waals surface area (Å²) in [6.07, 6.45) is 2.64. The zero-order valence-corrected chi connectivity index (χ0v) is 19.7. The Bertz CT molecular complexity index is 977. The number of hydrogen-bond acceptors (Lipinski definition) is 3. The summed E-state index contributed by atoms with van der Waals surface area (Å²) in [7, 11) is 3.36. The van der Waals surface area contributed by atoms with Crippen molar-refractivity contribution >= 4 is 40.8 Å². The average molecular weight is 526 g/mol. The van der Waals surface area contributed by atoms with Gasteiger partial charge in [-0.1, -0.05) is 12.1 Å². The zero-order valence-electron chi connectivity index (χ0n) is 17.4. The molecule has 1 aromatic heterocycles. The van der Waals surface area contributed by atoms with Crippen molar-refractivity contribution in [3.8, 4) is 11.5 Å². The third-order valence-corrected chi connectivity index (χ3v) is 4.59. The maximum atomic E-state index is 13.3. The molecule has 1 atom stereocenters. The third kappa shape index (κ3) is 6.25. The van der Waals surface area contributed by atoms with E-state index in [4.69, 9.17) is 9.47 Å². The van der Waals surface area contributed by atoms with E-state index in [0.717, 1.165) is 22.9 Å². The van der Waals surface area contributed by atoms with Crippen molar-refractivity contribution in [2.75, 3.05) is 27.2 Å². The van der Waals surface area contributed by atoms with E-state index in [-0.39, 0.29) is 35.9 Å². The summed E-state index contributed by atoms with van der Waals surface area (Å²) in [6, 6.07) is 12.4. The molecule has 3 N–H and O–H groups in total. The number of ether oxygens (including phenoxy) is 2. The van der Waals surface area contributed by atoms with E-state index >= 15 is 0 Å². The molecule has 162 valence electrons. The van der Waals surface area contributed by atoms with Gasteiger partial charge in [-0.15, -0.1) is 24.0 Å². The summed E-state index contributed by atoms with van der Waals surface area (Å²) < 4.78 is 24.6.